The molecular formula is C18H14N6O2S2. The van der Waals surface area contributed by atoms with Gasteiger partial charge in [0.25, 0.3) is 0 Å². The smallest absolute Gasteiger partial charge is 0.239 e. The van der Waals surface area contributed by atoms with Crippen LogP contribution in [-0.4, -0.2) is 21.1 Å². The first kappa shape index (κ1) is 19.4. The molecule has 8 nitrogen and oxygen atoms in total. The zero-order valence-corrected chi connectivity index (χ0v) is 16.3. The number of nitrogens with two attached hydrogens (primary N) is 1. The average molecular weight is 410 g/mol. The second kappa shape index (κ2) is 8.57. The number of rotatable bonds is 6. The maximum absolute atomic E-state index is 12.6. The minimum absolute atomic E-state index is 0.0226. The highest BCUT2D eigenvalue weighted by atomic mass is 32.2. The number of pyridine rings is 1. The molecule has 0 aliphatic carbocycles. The van der Waals surface area contributed by atoms with E-state index in [0.717, 1.165) is 11.8 Å². The summed E-state index contributed by atoms with van der Waals surface area (Å²) in [6, 6.07) is 7.34. The Labute approximate surface area is 169 Å². The van der Waals surface area contributed by atoms with Crippen LogP contribution in [-0.2, 0) is 4.79 Å². The lowest BCUT2D eigenvalue weighted by Gasteiger charge is -2.16. The van der Waals surface area contributed by atoms with Gasteiger partial charge in [0.05, 0.1) is 22.6 Å². The van der Waals surface area contributed by atoms with Crippen LogP contribution in [0.4, 0.5) is 10.9 Å². The molecule has 0 saturated carbocycles. The third-order valence-electron chi connectivity index (χ3n) is 3.76. The molecule has 140 valence electrons. The highest BCUT2D eigenvalue weighted by Crippen LogP contribution is 2.37. The van der Waals surface area contributed by atoms with Crippen LogP contribution in [0, 0.1) is 22.7 Å². The molecule has 0 aliphatic rings. The van der Waals surface area contributed by atoms with Crippen molar-refractivity contribution in [1.29, 1.82) is 10.5 Å². The van der Waals surface area contributed by atoms with Crippen molar-refractivity contribution in [3.8, 4) is 23.5 Å². The van der Waals surface area contributed by atoms with Crippen molar-refractivity contribution in [1.82, 2.24) is 9.97 Å². The Morgan fingerprint density at radius 2 is 2.21 bits per heavy atom. The lowest BCUT2D eigenvalue weighted by atomic mass is 10.0. The first-order valence-corrected chi connectivity index (χ1v) is 9.89. The SMILES string of the molecule is CCC(Sc1nc(N)c(C#N)c(-c2ccco2)c1C#N)C(=O)Nc1nccs1. The van der Waals surface area contributed by atoms with Gasteiger partial charge in [0, 0.05) is 11.6 Å². The second-order valence-corrected chi connectivity index (χ2v) is 7.56. The van der Waals surface area contributed by atoms with Crippen LogP contribution in [0.1, 0.15) is 24.5 Å². The summed E-state index contributed by atoms with van der Waals surface area (Å²) in [7, 11) is 0. The van der Waals surface area contributed by atoms with E-state index < -0.39 is 5.25 Å². The largest absolute Gasteiger partial charge is 0.464 e. The topological polar surface area (TPSA) is 142 Å². The van der Waals surface area contributed by atoms with Crippen LogP contribution < -0.4 is 11.1 Å². The van der Waals surface area contributed by atoms with Crippen LogP contribution in [0.2, 0.25) is 0 Å². The third-order valence-corrected chi connectivity index (χ3v) is 5.80. The zero-order valence-electron chi connectivity index (χ0n) is 14.7. The molecule has 1 atom stereocenters. The molecule has 3 heterocycles. The van der Waals surface area contributed by atoms with E-state index in [2.05, 4.69) is 21.4 Å². The molecular weight excluding hydrogens is 396 g/mol. The number of hydrogen-bond acceptors (Lipinski definition) is 9. The molecule has 0 saturated heterocycles. The lowest BCUT2D eigenvalue weighted by molar-refractivity contribution is -0.115. The molecule has 3 N–H and O–H groups in total. The van der Waals surface area contributed by atoms with Gasteiger partial charge in [-0.05, 0) is 18.6 Å². The van der Waals surface area contributed by atoms with Gasteiger partial charge in [-0.15, -0.1) is 11.3 Å². The van der Waals surface area contributed by atoms with Gasteiger partial charge in [-0.3, -0.25) is 4.79 Å². The molecule has 1 unspecified atom stereocenters. The van der Waals surface area contributed by atoms with E-state index >= 15 is 0 Å². The normalized spacial score (nSPS) is 11.4. The zero-order chi connectivity index (χ0) is 20.1. The summed E-state index contributed by atoms with van der Waals surface area (Å²) in [4.78, 5) is 20.8. The van der Waals surface area contributed by atoms with Crippen LogP contribution in [0.3, 0.4) is 0 Å². The Balaban J connectivity index is 2.00. The first-order valence-electron chi connectivity index (χ1n) is 8.13. The van der Waals surface area contributed by atoms with E-state index in [1.807, 2.05) is 13.0 Å². The first-order chi connectivity index (χ1) is 13.6. The predicted octanol–water partition coefficient (Wildman–Crippen LogP) is 3.63. The van der Waals surface area contributed by atoms with Gasteiger partial charge in [-0.2, -0.15) is 10.5 Å². The quantitative estimate of drug-likeness (QED) is 0.587. The van der Waals surface area contributed by atoms with Crippen LogP contribution >= 0.6 is 23.1 Å². The van der Waals surface area contributed by atoms with Crippen LogP contribution in [0.5, 0.6) is 0 Å². The number of carbonyl (C=O) groups excluding carboxylic acids is 1. The standard InChI is InChI=1S/C18H14N6O2S2/c1-2-13(16(25)24-18-22-5-7-27-18)28-17-11(9-20)14(12-4-3-6-26-12)10(8-19)15(21)23-17/h3-7,13H,2H2,1H3,(H2,21,23)(H,22,24,25). The Kier molecular flexibility index (Phi) is 5.94. The molecule has 0 fully saturated rings. The fourth-order valence-electron chi connectivity index (χ4n) is 2.48. The van der Waals surface area contributed by atoms with E-state index in [4.69, 9.17) is 10.2 Å². The van der Waals surface area contributed by atoms with Crippen molar-refractivity contribution in [3.05, 3.63) is 41.1 Å². The number of nitrogens with zero attached hydrogens (tertiary/aromatic N) is 4. The molecule has 3 rings (SSSR count). The van der Waals surface area contributed by atoms with Gasteiger partial charge in [0.2, 0.25) is 5.91 Å². The van der Waals surface area contributed by atoms with Crippen molar-refractivity contribution in [2.24, 2.45) is 0 Å². The molecule has 10 heteroatoms. The Morgan fingerprint density at radius 1 is 1.43 bits per heavy atom. The van der Waals surface area contributed by atoms with Gasteiger partial charge < -0.3 is 15.5 Å². The van der Waals surface area contributed by atoms with Crippen LogP contribution in [0.25, 0.3) is 11.3 Å². The molecule has 0 bridgehead atoms. The minimum Gasteiger partial charge on any atom is -0.464 e. The number of nitrogens with one attached hydrogen (secondary N) is 1. The molecule has 3 aromatic rings. The second-order valence-electron chi connectivity index (χ2n) is 5.47. The van der Waals surface area contributed by atoms with E-state index in [1.54, 1.807) is 23.7 Å². The van der Waals surface area contributed by atoms with E-state index in [0.29, 0.717) is 17.3 Å². The van der Waals surface area contributed by atoms with Crippen molar-refractivity contribution < 1.29 is 9.21 Å². The molecule has 0 aromatic carbocycles. The number of thioether (sulfide) groups is 1. The van der Waals surface area contributed by atoms with Gasteiger partial charge in [0.1, 0.15) is 34.3 Å². The number of furan rings is 1. The number of thiazole rings is 1. The minimum atomic E-state index is -0.528. The summed E-state index contributed by atoms with van der Waals surface area (Å²) < 4.78 is 5.38. The summed E-state index contributed by atoms with van der Waals surface area (Å²) >= 11 is 2.43. The lowest BCUT2D eigenvalue weighted by Crippen LogP contribution is -2.24. The average Bonchev–Trinajstić information content (AvgIpc) is 3.39. The van der Waals surface area contributed by atoms with E-state index in [1.165, 1.54) is 17.6 Å². The van der Waals surface area contributed by atoms with Crippen molar-refractivity contribution in [2.45, 2.75) is 23.6 Å². The number of carbonyl (C=O) groups is 1. The van der Waals surface area contributed by atoms with Gasteiger partial charge in [0.15, 0.2) is 5.13 Å². The van der Waals surface area contributed by atoms with Crippen molar-refractivity contribution in [3.63, 3.8) is 0 Å². The Hall–Kier alpha value is -3.34. The maximum atomic E-state index is 12.6. The van der Waals surface area contributed by atoms with Gasteiger partial charge >= 0.3 is 0 Å². The molecule has 28 heavy (non-hydrogen) atoms. The molecule has 0 aliphatic heterocycles. The summed E-state index contributed by atoms with van der Waals surface area (Å²) in [5, 5.41) is 23.9. The number of amides is 1. The molecule has 3 aromatic heterocycles. The Morgan fingerprint density at radius 3 is 2.79 bits per heavy atom. The molecule has 0 spiro atoms. The monoisotopic (exact) mass is 410 g/mol. The van der Waals surface area contributed by atoms with Gasteiger partial charge in [-0.25, -0.2) is 9.97 Å². The summed E-state index contributed by atoms with van der Waals surface area (Å²) in [6.07, 6.45) is 3.53. The molecule has 0 radical (unpaired) electrons. The maximum Gasteiger partial charge on any atom is 0.239 e. The van der Waals surface area contributed by atoms with Crippen molar-refractivity contribution in [2.75, 3.05) is 11.1 Å². The fourth-order valence-corrected chi connectivity index (χ4v) is 4.03. The summed E-state index contributed by atoms with van der Waals surface area (Å²) in [5.41, 5.74) is 6.45. The van der Waals surface area contributed by atoms with Crippen LogP contribution in [0.15, 0.2) is 39.4 Å². The number of aromatic nitrogens is 2. The number of nitriles is 2. The summed E-state index contributed by atoms with van der Waals surface area (Å²) in [6.45, 7) is 1.85. The fraction of sp³-hybridized carbons (Fsp3) is 0.167. The number of hydrogen-bond donors (Lipinski definition) is 2. The third kappa shape index (κ3) is 3.83. The number of nitrogen functional groups attached to an aromatic ring is 1. The molecule has 1 amide bonds. The Bertz CT molecular complexity index is 1070. The highest BCUT2D eigenvalue weighted by Gasteiger charge is 2.26. The van der Waals surface area contributed by atoms with Crippen molar-refractivity contribution >= 4 is 40.0 Å². The summed E-state index contributed by atoms with van der Waals surface area (Å²) in [5.74, 6) is 0.0607. The van der Waals surface area contributed by atoms with E-state index in [9.17, 15) is 15.3 Å². The highest BCUT2D eigenvalue weighted by molar-refractivity contribution is 8.00. The van der Waals surface area contributed by atoms with E-state index in [-0.39, 0.29) is 33.4 Å². The number of anilines is 2. The predicted molar refractivity (Wildman–Crippen MR) is 106 cm³/mol. The van der Waals surface area contributed by atoms with Gasteiger partial charge in [-0.1, -0.05) is 18.7 Å².